The second-order valence-electron chi connectivity index (χ2n) is 5.27. The number of carboxylic acids is 1. The van der Waals surface area contributed by atoms with Gasteiger partial charge in [0, 0.05) is 11.0 Å². The Kier molecular flexibility index (Phi) is 4.66. The van der Waals surface area contributed by atoms with E-state index in [1.165, 1.54) is 0 Å². The number of carbonyl (C=O) groups is 1. The van der Waals surface area contributed by atoms with Crippen LogP contribution in [0.15, 0.2) is 22.7 Å². The number of halogens is 1. The number of benzene rings is 1. The standard InChI is InChI=1S/C15H17BrN2O2/c16-12-5-4-6-13(11(12)9-17)18-10-15(14(19)20)7-2-1-3-8-15/h4-6,18H,1-3,7-8,10H2,(H,19,20). The van der Waals surface area contributed by atoms with Crippen LogP contribution in [0, 0.1) is 16.7 Å². The summed E-state index contributed by atoms with van der Waals surface area (Å²) in [6.45, 7) is 0.369. The van der Waals surface area contributed by atoms with Crippen LogP contribution in [-0.2, 0) is 4.79 Å². The molecule has 1 aromatic carbocycles. The number of anilines is 1. The van der Waals surface area contributed by atoms with Crippen LogP contribution in [0.4, 0.5) is 5.69 Å². The van der Waals surface area contributed by atoms with Crippen molar-refractivity contribution in [2.75, 3.05) is 11.9 Å². The highest BCUT2D eigenvalue weighted by Gasteiger charge is 2.39. The van der Waals surface area contributed by atoms with Crippen molar-refractivity contribution in [1.29, 1.82) is 5.26 Å². The Balaban J connectivity index is 2.17. The summed E-state index contributed by atoms with van der Waals surface area (Å²) in [7, 11) is 0. The Labute approximate surface area is 126 Å². The van der Waals surface area contributed by atoms with Crippen molar-refractivity contribution in [3.8, 4) is 6.07 Å². The van der Waals surface area contributed by atoms with Gasteiger partial charge in [-0.3, -0.25) is 4.79 Å². The third kappa shape index (κ3) is 2.96. The molecule has 0 saturated heterocycles. The molecule has 2 rings (SSSR count). The number of rotatable bonds is 4. The molecule has 0 bridgehead atoms. The minimum absolute atomic E-state index is 0.369. The third-order valence-electron chi connectivity index (χ3n) is 4.01. The molecular formula is C15H17BrN2O2. The molecule has 1 aliphatic rings. The molecule has 106 valence electrons. The predicted octanol–water partition coefficient (Wildman–Crippen LogP) is 3.77. The van der Waals surface area contributed by atoms with Crippen molar-refractivity contribution in [1.82, 2.24) is 0 Å². The number of hydrogen-bond acceptors (Lipinski definition) is 3. The van der Waals surface area contributed by atoms with Gasteiger partial charge in [0.25, 0.3) is 0 Å². The van der Waals surface area contributed by atoms with Crippen LogP contribution in [0.2, 0.25) is 0 Å². The molecule has 0 heterocycles. The molecular weight excluding hydrogens is 320 g/mol. The van der Waals surface area contributed by atoms with Gasteiger partial charge < -0.3 is 10.4 Å². The molecule has 20 heavy (non-hydrogen) atoms. The van der Waals surface area contributed by atoms with E-state index in [0.717, 1.165) is 23.7 Å². The van der Waals surface area contributed by atoms with Gasteiger partial charge in [-0.25, -0.2) is 0 Å². The SMILES string of the molecule is N#Cc1c(Br)cccc1NCC1(C(=O)O)CCCCC1. The van der Waals surface area contributed by atoms with Gasteiger partial charge in [0.15, 0.2) is 0 Å². The lowest BCUT2D eigenvalue weighted by atomic mass is 9.74. The van der Waals surface area contributed by atoms with E-state index in [1.807, 2.05) is 12.1 Å². The lowest BCUT2D eigenvalue weighted by Crippen LogP contribution is -2.39. The highest BCUT2D eigenvalue weighted by molar-refractivity contribution is 9.10. The molecule has 0 unspecified atom stereocenters. The Morgan fingerprint density at radius 1 is 1.40 bits per heavy atom. The largest absolute Gasteiger partial charge is 0.481 e. The number of nitriles is 1. The van der Waals surface area contributed by atoms with Crippen LogP contribution in [-0.4, -0.2) is 17.6 Å². The second-order valence-corrected chi connectivity index (χ2v) is 6.13. The van der Waals surface area contributed by atoms with Gasteiger partial charge in [-0.2, -0.15) is 5.26 Å². The normalized spacial score (nSPS) is 17.2. The van der Waals surface area contributed by atoms with Crippen molar-refractivity contribution in [2.45, 2.75) is 32.1 Å². The van der Waals surface area contributed by atoms with Crippen LogP contribution in [0.3, 0.4) is 0 Å². The van der Waals surface area contributed by atoms with Crippen LogP contribution < -0.4 is 5.32 Å². The van der Waals surface area contributed by atoms with E-state index >= 15 is 0 Å². The van der Waals surface area contributed by atoms with Gasteiger partial charge in [0.2, 0.25) is 0 Å². The Morgan fingerprint density at radius 3 is 2.70 bits per heavy atom. The van der Waals surface area contributed by atoms with E-state index in [4.69, 9.17) is 0 Å². The molecule has 2 N–H and O–H groups in total. The topological polar surface area (TPSA) is 73.1 Å². The molecule has 4 nitrogen and oxygen atoms in total. The summed E-state index contributed by atoms with van der Waals surface area (Å²) >= 11 is 3.34. The first-order valence-corrected chi connectivity index (χ1v) is 7.54. The summed E-state index contributed by atoms with van der Waals surface area (Å²) < 4.78 is 0.720. The van der Waals surface area contributed by atoms with Gasteiger partial charge >= 0.3 is 5.97 Å². The highest BCUT2D eigenvalue weighted by atomic mass is 79.9. The predicted molar refractivity (Wildman–Crippen MR) is 80.5 cm³/mol. The summed E-state index contributed by atoms with van der Waals surface area (Å²) in [6.07, 6.45) is 4.42. The second kappa shape index (κ2) is 6.27. The third-order valence-corrected chi connectivity index (χ3v) is 4.67. The van der Waals surface area contributed by atoms with E-state index in [2.05, 4.69) is 27.3 Å². The molecule has 1 fully saturated rings. The Hall–Kier alpha value is -1.54. The first-order valence-electron chi connectivity index (χ1n) is 6.75. The lowest BCUT2D eigenvalue weighted by Gasteiger charge is -2.33. The van der Waals surface area contributed by atoms with Gasteiger partial charge in [-0.15, -0.1) is 0 Å². The molecule has 1 saturated carbocycles. The summed E-state index contributed by atoms with van der Waals surface area (Å²) in [6, 6.07) is 7.58. The summed E-state index contributed by atoms with van der Waals surface area (Å²) in [5, 5.41) is 21.9. The van der Waals surface area contributed by atoms with Crippen LogP contribution >= 0.6 is 15.9 Å². The number of nitrogens with zero attached hydrogens (tertiary/aromatic N) is 1. The van der Waals surface area contributed by atoms with E-state index in [9.17, 15) is 15.2 Å². The minimum atomic E-state index is -0.738. The van der Waals surface area contributed by atoms with Crippen molar-refractivity contribution in [3.05, 3.63) is 28.2 Å². The van der Waals surface area contributed by atoms with Gasteiger partial charge in [0.1, 0.15) is 6.07 Å². The van der Waals surface area contributed by atoms with Crippen molar-refractivity contribution >= 4 is 27.6 Å². The monoisotopic (exact) mass is 336 g/mol. The minimum Gasteiger partial charge on any atom is -0.481 e. The van der Waals surface area contributed by atoms with Crippen molar-refractivity contribution < 1.29 is 9.90 Å². The highest BCUT2D eigenvalue weighted by Crippen LogP contribution is 2.37. The zero-order valence-electron chi connectivity index (χ0n) is 11.2. The summed E-state index contributed by atoms with van der Waals surface area (Å²) in [5.41, 5.74) is 0.504. The van der Waals surface area contributed by atoms with Crippen molar-refractivity contribution in [2.24, 2.45) is 5.41 Å². The number of carboxylic acid groups (broad SMARTS) is 1. The smallest absolute Gasteiger partial charge is 0.311 e. The van der Waals surface area contributed by atoms with E-state index in [1.54, 1.807) is 6.07 Å². The van der Waals surface area contributed by atoms with Crippen LogP contribution in [0.5, 0.6) is 0 Å². The maximum Gasteiger partial charge on any atom is 0.311 e. The molecule has 0 aromatic heterocycles. The zero-order chi connectivity index (χ0) is 14.6. The molecule has 0 aliphatic heterocycles. The average Bonchev–Trinajstić information content (AvgIpc) is 2.46. The van der Waals surface area contributed by atoms with Gasteiger partial charge in [0.05, 0.1) is 16.7 Å². The fourth-order valence-corrected chi connectivity index (χ4v) is 3.20. The maximum absolute atomic E-state index is 11.6. The molecule has 1 aliphatic carbocycles. The zero-order valence-corrected chi connectivity index (χ0v) is 12.7. The van der Waals surface area contributed by atoms with Crippen molar-refractivity contribution in [3.63, 3.8) is 0 Å². The van der Waals surface area contributed by atoms with E-state index in [0.29, 0.717) is 30.6 Å². The fourth-order valence-electron chi connectivity index (χ4n) is 2.74. The molecule has 5 heteroatoms. The molecule has 0 spiro atoms. The van der Waals surface area contributed by atoms with E-state index < -0.39 is 11.4 Å². The summed E-state index contributed by atoms with van der Waals surface area (Å²) in [5.74, 6) is -0.738. The average molecular weight is 337 g/mol. The number of aliphatic carboxylic acids is 1. The quantitative estimate of drug-likeness (QED) is 0.877. The van der Waals surface area contributed by atoms with E-state index in [-0.39, 0.29) is 0 Å². The maximum atomic E-state index is 11.6. The van der Waals surface area contributed by atoms with Gasteiger partial charge in [-0.1, -0.05) is 25.3 Å². The summed E-state index contributed by atoms with van der Waals surface area (Å²) in [4.78, 5) is 11.6. The first-order chi connectivity index (χ1) is 9.59. The number of hydrogen-bond donors (Lipinski definition) is 2. The fraction of sp³-hybridized carbons (Fsp3) is 0.467. The molecule has 0 radical (unpaired) electrons. The number of nitrogens with one attached hydrogen (secondary N) is 1. The molecule has 0 amide bonds. The van der Waals surface area contributed by atoms with Crippen LogP contribution in [0.25, 0.3) is 0 Å². The Bertz CT molecular complexity index is 545. The van der Waals surface area contributed by atoms with Gasteiger partial charge in [-0.05, 0) is 40.9 Å². The van der Waals surface area contributed by atoms with Crippen LogP contribution in [0.1, 0.15) is 37.7 Å². The molecule has 0 atom stereocenters. The first kappa shape index (κ1) is 14.9. The lowest BCUT2D eigenvalue weighted by molar-refractivity contribution is -0.150. The Morgan fingerprint density at radius 2 is 2.10 bits per heavy atom. The molecule has 1 aromatic rings.